The molecule has 130 valence electrons. The summed E-state index contributed by atoms with van der Waals surface area (Å²) in [6.07, 6.45) is 1.58. The molecule has 2 heterocycles. The maximum Gasteiger partial charge on any atom is 0.333 e. The molecule has 0 unspecified atom stereocenters. The van der Waals surface area contributed by atoms with Crippen molar-refractivity contribution in [1.82, 2.24) is 9.78 Å². The predicted molar refractivity (Wildman–Crippen MR) is 91.6 cm³/mol. The fourth-order valence-corrected chi connectivity index (χ4v) is 3.19. The van der Waals surface area contributed by atoms with E-state index in [2.05, 4.69) is 11.2 Å². The van der Waals surface area contributed by atoms with E-state index < -0.39 is 0 Å². The van der Waals surface area contributed by atoms with Crippen LogP contribution in [0.5, 0.6) is 5.75 Å². The molecule has 1 aromatic carbocycles. The minimum absolute atomic E-state index is 0.0533. The molecule has 1 fully saturated rings. The number of hydrogen-bond donors (Lipinski definition) is 0. The molecule has 0 saturated carbocycles. The number of nitriles is 1. The third-order valence-corrected chi connectivity index (χ3v) is 4.37. The lowest BCUT2D eigenvalue weighted by atomic mass is 10.1. The Morgan fingerprint density at radius 2 is 1.96 bits per heavy atom. The van der Waals surface area contributed by atoms with Gasteiger partial charge in [0.25, 0.3) is 0 Å². The number of nitrogens with zero attached hydrogens (tertiary/aromatic N) is 5. The predicted octanol–water partition coefficient (Wildman–Crippen LogP) is 2.56. The molecule has 0 aliphatic carbocycles. The van der Waals surface area contributed by atoms with Crippen molar-refractivity contribution in [2.75, 3.05) is 18.0 Å². The fourth-order valence-electron chi connectivity index (χ4n) is 3.19. The Kier molecular flexibility index (Phi) is 4.57. The van der Waals surface area contributed by atoms with Crippen molar-refractivity contribution in [2.45, 2.75) is 25.9 Å². The second-order valence-corrected chi connectivity index (χ2v) is 6.08. The van der Waals surface area contributed by atoms with E-state index in [0.717, 1.165) is 18.6 Å². The molecule has 0 N–H and O–H groups in total. The van der Waals surface area contributed by atoms with Crippen LogP contribution in [0.15, 0.2) is 24.3 Å². The number of anilines is 1. The van der Waals surface area contributed by atoms with E-state index >= 15 is 0 Å². The zero-order valence-electron chi connectivity index (χ0n) is 14.2. The van der Waals surface area contributed by atoms with Gasteiger partial charge in [-0.05, 0) is 31.2 Å². The van der Waals surface area contributed by atoms with Crippen molar-refractivity contribution in [3.63, 3.8) is 0 Å². The highest BCUT2D eigenvalue weighted by Crippen LogP contribution is 2.33. The molecule has 3 rings (SSSR count). The van der Waals surface area contributed by atoms with Gasteiger partial charge in [0.2, 0.25) is 5.82 Å². The van der Waals surface area contributed by atoms with Crippen molar-refractivity contribution in [3.05, 3.63) is 45.6 Å². The number of aryl methyl sites for hydroxylation is 2. The average Bonchev–Trinajstić information content (AvgIpc) is 2.90. The molecule has 0 bridgehead atoms. The number of rotatable bonds is 4. The molecule has 1 saturated heterocycles. The third kappa shape index (κ3) is 3.40. The molecule has 1 aromatic heterocycles. The van der Waals surface area contributed by atoms with Crippen molar-refractivity contribution in [1.29, 1.82) is 5.26 Å². The van der Waals surface area contributed by atoms with Crippen LogP contribution in [-0.2, 0) is 7.05 Å². The largest absolute Gasteiger partial charge is 0.490 e. The lowest BCUT2D eigenvalue weighted by molar-refractivity contribution is -0.384. The summed E-state index contributed by atoms with van der Waals surface area (Å²) in [5.41, 5.74) is 1.11. The van der Waals surface area contributed by atoms with Crippen LogP contribution in [-0.4, -0.2) is 33.9 Å². The van der Waals surface area contributed by atoms with Gasteiger partial charge in [-0.1, -0.05) is 0 Å². The van der Waals surface area contributed by atoms with E-state index in [-0.39, 0.29) is 16.7 Å². The Balaban J connectivity index is 1.66. The first-order chi connectivity index (χ1) is 12.0. The van der Waals surface area contributed by atoms with Crippen LogP contribution < -0.4 is 9.64 Å². The average molecular weight is 341 g/mol. The monoisotopic (exact) mass is 341 g/mol. The topological polar surface area (TPSA) is 97.2 Å². The molecule has 1 aliphatic rings. The Bertz CT molecular complexity index is 814. The van der Waals surface area contributed by atoms with Crippen molar-refractivity contribution < 1.29 is 9.66 Å². The van der Waals surface area contributed by atoms with Crippen LogP contribution in [0.2, 0.25) is 0 Å². The Hall–Kier alpha value is -3.08. The number of hydrogen-bond acceptors (Lipinski definition) is 6. The number of piperidine rings is 1. The van der Waals surface area contributed by atoms with Gasteiger partial charge < -0.3 is 9.64 Å². The summed E-state index contributed by atoms with van der Waals surface area (Å²) in [6.45, 7) is 2.99. The van der Waals surface area contributed by atoms with Crippen molar-refractivity contribution in [3.8, 4) is 11.8 Å². The van der Waals surface area contributed by atoms with Crippen LogP contribution >= 0.6 is 0 Å². The molecule has 0 spiro atoms. The van der Waals surface area contributed by atoms with Gasteiger partial charge >= 0.3 is 5.69 Å². The summed E-state index contributed by atoms with van der Waals surface area (Å²) in [5, 5.41) is 24.3. The SMILES string of the molecule is Cc1nn(C)c(N2CCC(Oc3ccc(C#N)cc3)CC2)c1[N+](=O)[O-]. The van der Waals surface area contributed by atoms with Crippen LogP contribution in [0.4, 0.5) is 11.5 Å². The van der Waals surface area contributed by atoms with E-state index in [1.54, 1.807) is 42.9 Å². The van der Waals surface area contributed by atoms with Gasteiger partial charge in [-0.25, -0.2) is 4.68 Å². The minimum Gasteiger partial charge on any atom is -0.490 e. The summed E-state index contributed by atoms with van der Waals surface area (Å²) >= 11 is 0. The van der Waals surface area contributed by atoms with Gasteiger partial charge in [0, 0.05) is 33.0 Å². The first kappa shape index (κ1) is 16.8. The molecule has 2 aromatic rings. The zero-order chi connectivity index (χ0) is 18.0. The molecule has 8 heteroatoms. The third-order valence-electron chi connectivity index (χ3n) is 4.37. The standard InChI is InChI=1S/C17H19N5O3/c1-12-16(22(23)24)17(20(2)19-12)21-9-7-15(8-10-21)25-14-5-3-13(11-18)4-6-14/h3-6,15H,7-10H2,1-2H3. The molecular formula is C17H19N5O3. The molecular weight excluding hydrogens is 322 g/mol. The maximum atomic E-state index is 11.3. The van der Waals surface area contributed by atoms with Crippen LogP contribution in [0, 0.1) is 28.4 Å². The summed E-state index contributed by atoms with van der Waals surface area (Å²) < 4.78 is 7.54. The van der Waals surface area contributed by atoms with Gasteiger partial charge in [-0.15, -0.1) is 0 Å². The quantitative estimate of drug-likeness (QED) is 0.626. The van der Waals surface area contributed by atoms with Gasteiger partial charge in [0.1, 0.15) is 17.5 Å². The van der Waals surface area contributed by atoms with E-state index in [1.807, 2.05) is 4.90 Å². The summed E-state index contributed by atoms with van der Waals surface area (Å²) in [6, 6.07) is 9.12. The normalized spacial score (nSPS) is 15.0. The second kappa shape index (κ2) is 6.81. The number of ether oxygens (including phenoxy) is 1. The fraction of sp³-hybridized carbons (Fsp3) is 0.412. The van der Waals surface area contributed by atoms with Gasteiger partial charge in [-0.3, -0.25) is 10.1 Å². The molecule has 0 atom stereocenters. The van der Waals surface area contributed by atoms with Gasteiger partial charge in [0.15, 0.2) is 0 Å². The highest BCUT2D eigenvalue weighted by molar-refractivity contribution is 5.61. The first-order valence-corrected chi connectivity index (χ1v) is 8.09. The van der Waals surface area contributed by atoms with E-state index in [9.17, 15) is 10.1 Å². The minimum atomic E-state index is -0.364. The van der Waals surface area contributed by atoms with Gasteiger partial charge in [-0.2, -0.15) is 10.4 Å². The zero-order valence-corrected chi connectivity index (χ0v) is 14.2. The molecule has 8 nitrogen and oxygen atoms in total. The molecule has 1 aliphatic heterocycles. The number of aromatic nitrogens is 2. The van der Waals surface area contributed by atoms with Crippen molar-refractivity contribution in [2.24, 2.45) is 7.05 Å². The van der Waals surface area contributed by atoms with Crippen LogP contribution in [0.1, 0.15) is 24.1 Å². The highest BCUT2D eigenvalue weighted by Gasteiger charge is 2.31. The lowest BCUT2D eigenvalue weighted by Crippen LogP contribution is -2.39. The smallest absolute Gasteiger partial charge is 0.333 e. The summed E-state index contributed by atoms with van der Waals surface area (Å²) in [4.78, 5) is 13.0. The van der Waals surface area contributed by atoms with E-state index in [0.29, 0.717) is 30.2 Å². The molecule has 0 amide bonds. The Labute approximate surface area is 145 Å². The molecule has 0 radical (unpaired) electrons. The number of benzene rings is 1. The summed E-state index contributed by atoms with van der Waals surface area (Å²) in [5.74, 6) is 1.29. The first-order valence-electron chi connectivity index (χ1n) is 8.09. The van der Waals surface area contributed by atoms with E-state index in [1.165, 1.54) is 0 Å². The van der Waals surface area contributed by atoms with Crippen LogP contribution in [0.3, 0.4) is 0 Å². The van der Waals surface area contributed by atoms with Gasteiger partial charge in [0.05, 0.1) is 16.6 Å². The summed E-state index contributed by atoms with van der Waals surface area (Å²) in [7, 11) is 1.73. The van der Waals surface area contributed by atoms with E-state index in [4.69, 9.17) is 10.00 Å². The van der Waals surface area contributed by atoms with Crippen molar-refractivity contribution >= 4 is 11.5 Å². The molecule has 25 heavy (non-hydrogen) atoms. The lowest BCUT2D eigenvalue weighted by Gasteiger charge is -2.32. The Morgan fingerprint density at radius 1 is 1.32 bits per heavy atom. The second-order valence-electron chi connectivity index (χ2n) is 6.08. The number of nitro groups is 1. The van der Waals surface area contributed by atoms with Crippen LogP contribution in [0.25, 0.3) is 0 Å². The maximum absolute atomic E-state index is 11.3. The highest BCUT2D eigenvalue weighted by atomic mass is 16.6. The Morgan fingerprint density at radius 3 is 2.52 bits per heavy atom.